The summed E-state index contributed by atoms with van der Waals surface area (Å²) in [4.78, 5) is 29.0. The van der Waals surface area contributed by atoms with Gasteiger partial charge < -0.3 is 9.84 Å². The van der Waals surface area contributed by atoms with Gasteiger partial charge in [-0.25, -0.2) is 14.4 Å². The zero-order valence-corrected chi connectivity index (χ0v) is 19.8. The standard InChI is InChI=1S/C22H22ClFN8O2/c1-22(2,3)20-29-19(34-31-20)14(33)8-6-12-5-7-13(17(24)16(12)23)18-25-11-26-21(28-18)27-15-9-10-32(4)30-15/h5,7,9-11H,6,8H2,1-4H3,(H,25,26,27,28,30). The van der Waals surface area contributed by atoms with E-state index in [1.54, 1.807) is 30.1 Å². The van der Waals surface area contributed by atoms with Crippen molar-refractivity contribution in [2.75, 3.05) is 5.32 Å². The maximum Gasteiger partial charge on any atom is 0.294 e. The summed E-state index contributed by atoms with van der Waals surface area (Å²) in [7, 11) is 1.78. The molecule has 4 aromatic rings. The number of halogens is 2. The van der Waals surface area contributed by atoms with E-state index in [0.29, 0.717) is 17.2 Å². The third-order valence-corrected chi connectivity index (χ3v) is 5.29. The molecule has 176 valence electrons. The van der Waals surface area contributed by atoms with Crippen molar-refractivity contribution in [1.82, 2.24) is 34.9 Å². The molecule has 34 heavy (non-hydrogen) atoms. The van der Waals surface area contributed by atoms with Gasteiger partial charge in [0.05, 0.1) is 10.6 Å². The molecule has 1 aromatic carbocycles. The van der Waals surface area contributed by atoms with Gasteiger partial charge in [0.1, 0.15) is 6.33 Å². The predicted molar refractivity (Wildman–Crippen MR) is 122 cm³/mol. The van der Waals surface area contributed by atoms with E-state index in [0.717, 1.165) is 0 Å². The molecule has 0 amide bonds. The van der Waals surface area contributed by atoms with E-state index in [1.165, 1.54) is 12.4 Å². The highest BCUT2D eigenvalue weighted by Crippen LogP contribution is 2.30. The van der Waals surface area contributed by atoms with Crippen molar-refractivity contribution in [3.63, 3.8) is 0 Å². The lowest BCUT2D eigenvalue weighted by atomic mass is 9.96. The van der Waals surface area contributed by atoms with Crippen LogP contribution in [0, 0.1) is 5.82 Å². The molecule has 1 N–H and O–H groups in total. The second-order valence-corrected chi connectivity index (χ2v) is 9.01. The van der Waals surface area contributed by atoms with Crippen LogP contribution in [0.1, 0.15) is 49.3 Å². The highest BCUT2D eigenvalue weighted by atomic mass is 35.5. The van der Waals surface area contributed by atoms with Gasteiger partial charge in [0.2, 0.25) is 11.7 Å². The zero-order valence-electron chi connectivity index (χ0n) is 19.0. The van der Waals surface area contributed by atoms with Gasteiger partial charge in [0.15, 0.2) is 23.3 Å². The van der Waals surface area contributed by atoms with Crippen LogP contribution < -0.4 is 5.32 Å². The van der Waals surface area contributed by atoms with Gasteiger partial charge in [-0.2, -0.15) is 15.1 Å². The number of carbonyl (C=O) groups is 1. The largest absolute Gasteiger partial charge is 0.331 e. The van der Waals surface area contributed by atoms with Gasteiger partial charge in [0, 0.05) is 31.1 Å². The van der Waals surface area contributed by atoms with Crippen LogP contribution in [0.15, 0.2) is 35.2 Å². The van der Waals surface area contributed by atoms with E-state index in [9.17, 15) is 4.79 Å². The number of benzene rings is 1. The monoisotopic (exact) mass is 484 g/mol. The number of nitrogens with zero attached hydrogens (tertiary/aromatic N) is 7. The number of Topliss-reactive ketones (excluding diaryl/α,β-unsaturated/α-hetero) is 1. The van der Waals surface area contributed by atoms with Crippen molar-refractivity contribution in [2.24, 2.45) is 7.05 Å². The number of hydrogen-bond acceptors (Lipinski definition) is 9. The number of anilines is 2. The Balaban J connectivity index is 1.48. The Hall–Kier alpha value is -3.73. The van der Waals surface area contributed by atoms with Gasteiger partial charge >= 0.3 is 0 Å². The van der Waals surface area contributed by atoms with Crippen LogP contribution >= 0.6 is 11.6 Å². The van der Waals surface area contributed by atoms with Crippen LogP contribution in [0.4, 0.5) is 16.2 Å². The Bertz CT molecular complexity index is 1340. The molecule has 0 aliphatic heterocycles. The lowest BCUT2D eigenvalue weighted by Crippen LogP contribution is -2.13. The third-order valence-electron chi connectivity index (χ3n) is 4.89. The fraction of sp³-hybridized carbons (Fsp3) is 0.318. The molecular formula is C22H22ClFN8O2. The third kappa shape index (κ3) is 5.09. The molecular weight excluding hydrogens is 463 g/mol. The van der Waals surface area contributed by atoms with Gasteiger partial charge in [-0.05, 0) is 18.1 Å². The molecule has 3 aromatic heterocycles. The number of ketones is 1. The SMILES string of the molecule is Cn1ccc(Nc2ncnc(-c3ccc(CCC(=O)c4nc(C(C)(C)C)no4)c(Cl)c3F)n2)n1. The van der Waals surface area contributed by atoms with Crippen LogP contribution in [-0.4, -0.2) is 40.7 Å². The molecule has 0 spiro atoms. The molecule has 0 unspecified atom stereocenters. The minimum absolute atomic E-state index is 0.0359. The van der Waals surface area contributed by atoms with Crippen LogP contribution in [0.5, 0.6) is 0 Å². The molecule has 0 radical (unpaired) electrons. The van der Waals surface area contributed by atoms with Crippen LogP contribution in [0.25, 0.3) is 11.4 Å². The summed E-state index contributed by atoms with van der Waals surface area (Å²) in [5.41, 5.74) is 0.234. The first-order valence-corrected chi connectivity index (χ1v) is 10.8. The van der Waals surface area contributed by atoms with E-state index in [1.807, 2.05) is 20.8 Å². The lowest BCUT2D eigenvalue weighted by Gasteiger charge is -2.10. The molecule has 4 rings (SSSR count). The minimum atomic E-state index is -0.686. The van der Waals surface area contributed by atoms with E-state index >= 15 is 4.39 Å². The maximum absolute atomic E-state index is 15.1. The van der Waals surface area contributed by atoms with Crippen LogP contribution in [-0.2, 0) is 18.9 Å². The number of rotatable bonds is 7. The molecule has 3 heterocycles. The molecule has 12 heteroatoms. The number of hydrogen-bond donors (Lipinski definition) is 1. The Morgan fingerprint density at radius 1 is 1.21 bits per heavy atom. The first-order valence-electron chi connectivity index (χ1n) is 10.4. The molecule has 0 atom stereocenters. The number of nitrogens with one attached hydrogen (secondary N) is 1. The van der Waals surface area contributed by atoms with Crippen molar-refractivity contribution in [2.45, 2.75) is 39.0 Å². The fourth-order valence-electron chi connectivity index (χ4n) is 3.03. The van der Waals surface area contributed by atoms with Crippen molar-refractivity contribution < 1.29 is 13.7 Å². The maximum atomic E-state index is 15.1. The average molecular weight is 485 g/mol. The summed E-state index contributed by atoms with van der Waals surface area (Å²) in [6.45, 7) is 5.75. The summed E-state index contributed by atoms with van der Waals surface area (Å²) < 4.78 is 21.8. The van der Waals surface area contributed by atoms with Crippen molar-refractivity contribution in [3.05, 3.63) is 58.8 Å². The second kappa shape index (κ2) is 9.26. The molecule has 0 aliphatic rings. The molecule has 0 aliphatic carbocycles. The summed E-state index contributed by atoms with van der Waals surface area (Å²) in [5.74, 6) is 0.198. The highest BCUT2D eigenvalue weighted by molar-refractivity contribution is 6.31. The van der Waals surface area contributed by atoms with Gasteiger partial charge in [0.25, 0.3) is 5.89 Å². The van der Waals surface area contributed by atoms with Crippen LogP contribution in [0.2, 0.25) is 5.02 Å². The van der Waals surface area contributed by atoms with Gasteiger partial charge in [-0.1, -0.05) is 43.6 Å². The Morgan fingerprint density at radius 3 is 2.68 bits per heavy atom. The predicted octanol–water partition coefficient (Wildman–Crippen LogP) is 4.30. The van der Waals surface area contributed by atoms with Crippen molar-refractivity contribution in [1.29, 1.82) is 0 Å². The number of aryl methyl sites for hydroxylation is 2. The van der Waals surface area contributed by atoms with Gasteiger partial charge in [-0.15, -0.1) is 0 Å². The van der Waals surface area contributed by atoms with Gasteiger partial charge in [-0.3, -0.25) is 9.48 Å². The summed E-state index contributed by atoms with van der Waals surface area (Å²) >= 11 is 6.28. The zero-order chi connectivity index (χ0) is 24.5. The molecule has 10 nitrogen and oxygen atoms in total. The van der Waals surface area contributed by atoms with E-state index in [-0.39, 0.29) is 52.3 Å². The van der Waals surface area contributed by atoms with Crippen molar-refractivity contribution >= 4 is 29.2 Å². The average Bonchev–Trinajstić information content (AvgIpc) is 3.44. The summed E-state index contributed by atoms with van der Waals surface area (Å²) in [6.07, 6.45) is 3.26. The van der Waals surface area contributed by atoms with E-state index < -0.39 is 5.82 Å². The summed E-state index contributed by atoms with van der Waals surface area (Å²) in [6, 6.07) is 4.90. The Kier molecular flexibility index (Phi) is 6.38. The first kappa shape index (κ1) is 23.4. The van der Waals surface area contributed by atoms with Crippen LogP contribution in [0.3, 0.4) is 0 Å². The fourth-order valence-corrected chi connectivity index (χ4v) is 3.29. The van der Waals surface area contributed by atoms with Crippen molar-refractivity contribution in [3.8, 4) is 11.4 Å². The number of aromatic nitrogens is 7. The molecule has 0 saturated carbocycles. The normalized spacial score (nSPS) is 11.6. The topological polar surface area (TPSA) is 125 Å². The first-order chi connectivity index (χ1) is 16.1. The molecule has 0 saturated heterocycles. The minimum Gasteiger partial charge on any atom is -0.331 e. The number of carbonyl (C=O) groups excluding carboxylic acids is 1. The lowest BCUT2D eigenvalue weighted by molar-refractivity contribution is 0.0940. The second-order valence-electron chi connectivity index (χ2n) is 8.63. The van der Waals surface area contributed by atoms with E-state index in [2.05, 4.69) is 35.5 Å². The highest BCUT2D eigenvalue weighted by Gasteiger charge is 2.24. The Labute approximate surface area is 199 Å². The van der Waals surface area contributed by atoms with E-state index in [4.69, 9.17) is 16.1 Å². The Morgan fingerprint density at radius 2 is 2.00 bits per heavy atom. The quantitative estimate of drug-likeness (QED) is 0.382. The smallest absolute Gasteiger partial charge is 0.294 e. The molecule has 0 bridgehead atoms. The summed E-state index contributed by atoms with van der Waals surface area (Å²) in [5, 5.41) is 10.9. The molecule has 0 fully saturated rings.